The number of rotatable bonds is 8. The maximum atomic E-state index is 13.1. The number of nitrogens with one attached hydrogen (secondary N) is 2. The van der Waals surface area contributed by atoms with Gasteiger partial charge >= 0.3 is 0 Å². The zero-order valence-corrected chi connectivity index (χ0v) is 20.4. The maximum Gasteiger partial charge on any atom is 0.262 e. The Morgan fingerprint density at radius 1 is 1.21 bits per heavy atom. The van der Waals surface area contributed by atoms with E-state index in [2.05, 4.69) is 15.0 Å². The van der Waals surface area contributed by atoms with E-state index in [9.17, 15) is 18.0 Å². The number of hydrogen-bond acceptors (Lipinski definition) is 6. The highest BCUT2D eigenvalue weighted by molar-refractivity contribution is 7.92. The number of hydrogen-bond donors (Lipinski definition) is 2. The van der Waals surface area contributed by atoms with Gasteiger partial charge in [-0.15, -0.1) is 11.3 Å². The van der Waals surface area contributed by atoms with Gasteiger partial charge in [0.1, 0.15) is 4.83 Å². The van der Waals surface area contributed by atoms with Gasteiger partial charge in [-0.05, 0) is 62.3 Å². The second-order valence-electron chi connectivity index (χ2n) is 8.33. The Bertz CT molecular complexity index is 1360. The van der Waals surface area contributed by atoms with Crippen molar-refractivity contribution in [1.82, 2.24) is 9.55 Å². The lowest BCUT2D eigenvalue weighted by atomic mass is 9.97. The average molecular weight is 489 g/mol. The van der Waals surface area contributed by atoms with E-state index in [4.69, 9.17) is 0 Å². The molecule has 3 aromatic rings. The minimum Gasteiger partial charge on any atom is -0.326 e. The number of sulfonamides is 1. The molecule has 8 nitrogen and oxygen atoms in total. The number of amides is 1. The van der Waals surface area contributed by atoms with Gasteiger partial charge in [-0.3, -0.25) is 18.9 Å². The summed E-state index contributed by atoms with van der Waals surface area (Å²) in [7, 11) is -3.43. The smallest absolute Gasteiger partial charge is 0.262 e. The number of aromatic nitrogens is 2. The molecule has 0 aliphatic heterocycles. The standard InChI is InChI=1S/C23H28N4O4S2/c1-3-13-33(30,31)26-18-9-6-8-17(15(18)2)25-20(28)11-12-27-14-24-22-21(23(27)29)16-7-4-5-10-19(16)32-22/h6,8-9,14,26H,3-5,7,10-13H2,1-2H3,(H,25,28). The third kappa shape index (κ3) is 5.11. The molecule has 0 saturated heterocycles. The van der Waals surface area contributed by atoms with Crippen molar-refractivity contribution in [2.75, 3.05) is 15.8 Å². The van der Waals surface area contributed by atoms with Crippen molar-refractivity contribution in [1.29, 1.82) is 0 Å². The Morgan fingerprint density at radius 3 is 2.76 bits per heavy atom. The number of benzene rings is 1. The zero-order chi connectivity index (χ0) is 23.6. The Balaban J connectivity index is 1.46. The molecule has 0 saturated carbocycles. The number of fused-ring (bicyclic) bond motifs is 3. The Kier molecular flexibility index (Phi) is 6.85. The van der Waals surface area contributed by atoms with Gasteiger partial charge in [0.2, 0.25) is 15.9 Å². The third-order valence-electron chi connectivity index (χ3n) is 5.87. The molecule has 1 aromatic carbocycles. The van der Waals surface area contributed by atoms with Crippen molar-refractivity contribution in [3.63, 3.8) is 0 Å². The molecule has 2 aromatic heterocycles. The van der Waals surface area contributed by atoms with Gasteiger partial charge in [-0.2, -0.15) is 0 Å². The summed E-state index contributed by atoms with van der Waals surface area (Å²) in [4.78, 5) is 32.2. The molecule has 1 aliphatic rings. The molecule has 0 bridgehead atoms. The van der Waals surface area contributed by atoms with Gasteiger partial charge in [0, 0.05) is 23.5 Å². The lowest BCUT2D eigenvalue weighted by Crippen LogP contribution is -2.24. The van der Waals surface area contributed by atoms with Crippen LogP contribution in [0.1, 0.15) is 48.6 Å². The summed E-state index contributed by atoms with van der Waals surface area (Å²) in [6.45, 7) is 3.77. The van der Waals surface area contributed by atoms with Crippen LogP contribution in [0.25, 0.3) is 10.2 Å². The number of nitrogens with zero attached hydrogens (tertiary/aromatic N) is 2. The van der Waals surface area contributed by atoms with E-state index in [0.717, 1.165) is 36.1 Å². The van der Waals surface area contributed by atoms with Gasteiger partial charge < -0.3 is 5.32 Å². The second-order valence-corrected chi connectivity index (χ2v) is 11.3. The van der Waals surface area contributed by atoms with E-state index in [1.54, 1.807) is 43.4 Å². The molecule has 0 spiro atoms. The lowest BCUT2D eigenvalue weighted by Gasteiger charge is -2.14. The molecular weight excluding hydrogens is 460 g/mol. The fraction of sp³-hybridized carbons (Fsp3) is 0.435. The molecule has 176 valence electrons. The number of aryl methyl sites for hydroxylation is 3. The van der Waals surface area contributed by atoms with Crippen molar-refractivity contribution in [2.45, 2.75) is 58.9 Å². The Labute approximate surface area is 197 Å². The number of thiophene rings is 1. The van der Waals surface area contributed by atoms with Crippen LogP contribution in [-0.2, 0) is 34.2 Å². The quantitative estimate of drug-likeness (QED) is 0.501. The molecule has 0 radical (unpaired) electrons. The predicted molar refractivity (Wildman–Crippen MR) is 133 cm³/mol. The first kappa shape index (κ1) is 23.4. The van der Waals surface area contributed by atoms with Crippen LogP contribution in [0.4, 0.5) is 11.4 Å². The molecule has 1 amide bonds. The van der Waals surface area contributed by atoms with Gasteiger partial charge in [0.15, 0.2) is 0 Å². The Hall–Kier alpha value is -2.72. The van der Waals surface area contributed by atoms with Crippen LogP contribution >= 0.6 is 11.3 Å². The van der Waals surface area contributed by atoms with Crippen LogP contribution in [0.2, 0.25) is 0 Å². The molecule has 33 heavy (non-hydrogen) atoms. The van der Waals surface area contributed by atoms with Crippen LogP contribution in [0.15, 0.2) is 29.3 Å². The van der Waals surface area contributed by atoms with E-state index in [0.29, 0.717) is 28.7 Å². The maximum absolute atomic E-state index is 13.1. The highest BCUT2D eigenvalue weighted by Gasteiger charge is 2.20. The lowest BCUT2D eigenvalue weighted by molar-refractivity contribution is -0.116. The normalized spacial score (nSPS) is 13.6. The fourth-order valence-electron chi connectivity index (χ4n) is 4.14. The SMILES string of the molecule is CCCS(=O)(=O)Nc1cccc(NC(=O)CCn2cnc3sc4c(c3c2=O)CCCC4)c1C. The molecule has 0 atom stereocenters. The number of carbonyl (C=O) groups excluding carboxylic acids is 1. The van der Waals surface area contributed by atoms with Crippen molar-refractivity contribution in [2.24, 2.45) is 0 Å². The van der Waals surface area contributed by atoms with Crippen LogP contribution in [-0.4, -0.2) is 29.6 Å². The molecule has 1 aliphatic carbocycles. The first-order valence-electron chi connectivity index (χ1n) is 11.2. The van der Waals surface area contributed by atoms with Crippen LogP contribution in [0.3, 0.4) is 0 Å². The highest BCUT2D eigenvalue weighted by Crippen LogP contribution is 2.33. The van der Waals surface area contributed by atoms with Crippen LogP contribution in [0, 0.1) is 6.92 Å². The van der Waals surface area contributed by atoms with Crippen LogP contribution < -0.4 is 15.6 Å². The summed E-state index contributed by atoms with van der Waals surface area (Å²) in [6.07, 6.45) is 6.29. The monoisotopic (exact) mass is 488 g/mol. The van der Waals surface area contributed by atoms with Gasteiger partial charge in [0.05, 0.1) is 23.2 Å². The number of anilines is 2. The fourth-order valence-corrected chi connectivity index (χ4v) is 6.56. The first-order valence-corrected chi connectivity index (χ1v) is 13.7. The summed E-state index contributed by atoms with van der Waals surface area (Å²) in [5, 5.41) is 3.54. The van der Waals surface area contributed by atoms with Crippen molar-refractivity contribution in [3.8, 4) is 0 Å². The molecular formula is C23H28N4O4S2. The summed E-state index contributed by atoms with van der Waals surface area (Å²) >= 11 is 1.61. The molecule has 0 fully saturated rings. The van der Waals surface area contributed by atoms with Crippen molar-refractivity contribution >= 4 is 48.9 Å². The van der Waals surface area contributed by atoms with Gasteiger partial charge in [-0.25, -0.2) is 13.4 Å². The third-order valence-corrected chi connectivity index (χ3v) is 8.54. The Morgan fingerprint density at radius 2 is 1.97 bits per heavy atom. The largest absolute Gasteiger partial charge is 0.326 e. The molecule has 2 N–H and O–H groups in total. The second kappa shape index (κ2) is 9.64. The first-order chi connectivity index (χ1) is 15.8. The van der Waals surface area contributed by atoms with E-state index in [1.165, 1.54) is 15.8 Å². The minimum absolute atomic E-state index is 0.0312. The summed E-state index contributed by atoms with van der Waals surface area (Å²) < 4.78 is 28.3. The topological polar surface area (TPSA) is 110 Å². The molecule has 2 heterocycles. The van der Waals surface area contributed by atoms with E-state index in [1.807, 2.05) is 0 Å². The predicted octanol–water partition coefficient (Wildman–Crippen LogP) is 3.83. The highest BCUT2D eigenvalue weighted by atomic mass is 32.2. The number of carbonyl (C=O) groups is 1. The molecule has 10 heteroatoms. The molecule has 0 unspecified atom stereocenters. The van der Waals surface area contributed by atoms with E-state index >= 15 is 0 Å². The average Bonchev–Trinajstić information content (AvgIpc) is 3.15. The van der Waals surface area contributed by atoms with Gasteiger partial charge in [-0.1, -0.05) is 13.0 Å². The summed E-state index contributed by atoms with van der Waals surface area (Å²) in [5.74, 6) is -0.227. The van der Waals surface area contributed by atoms with E-state index in [-0.39, 0.29) is 30.2 Å². The van der Waals surface area contributed by atoms with Gasteiger partial charge in [0.25, 0.3) is 5.56 Å². The van der Waals surface area contributed by atoms with E-state index < -0.39 is 10.0 Å². The summed E-state index contributed by atoms with van der Waals surface area (Å²) in [5.41, 5.74) is 2.65. The zero-order valence-electron chi connectivity index (χ0n) is 18.8. The van der Waals surface area contributed by atoms with Crippen molar-refractivity contribution < 1.29 is 13.2 Å². The van der Waals surface area contributed by atoms with Crippen LogP contribution in [0.5, 0.6) is 0 Å². The minimum atomic E-state index is -3.43. The summed E-state index contributed by atoms with van der Waals surface area (Å²) in [6, 6.07) is 5.08. The molecule has 4 rings (SSSR count). The van der Waals surface area contributed by atoms with Crippen molar-refractivity contribution in [3.05, 3.63) is 50.9 Å².